The minimum Gasteiger partial charge on any atom is -0.492 e. The molecule has 0 radical (unpaired) electrons. The lowest BCUT2D eigenvalue weighted by Gasteiger charge is -2.05. The van der Waals surface area contributed by atoms with Crippen LogP contribution in [0.25, 0.3) is 6.08 Å². The van der Waals surface area contributed by atoms with Crippen LogP contribution < -0.4 is 4.74 Å². The Morgan fingerprint density at radius 2 is 2.15 bits per heavy atom. The summed E-state index contributed by atoms with van der Waals surface area (Å²) < 4.78 is 5.55. The maximum absolute atomic E-state index is 10.4. The summed E-state index contributed by atoms with van der Waals surface area (Å²) in [5, 5.41) is 8.51. The van der Waals surface area contributed by atoms with Crippen LogP contribution in [0.5, 0.6) is 5.75 Å². The first-order valence-corrected chi connectivity index (χ1v) is 6.14. The molecule has 2 aromatic rings. The molecule has 0 atom stereocenters. The van der Waals surface area contributed by atoms with Gasteiger partial charge in [-0.25, -0.2) is 4.79 Å². The van der Waals surface area contributed by atoms with E-state index in [2.05, 4.69) is 9.97 Å². The summed E-state index contributed by atoms with van der Waals surface area (Å²) in [6.45, 7) is 0.517. The van der Waals surface area contributed by atoms with Gasteiger partial charge in [-0.2, -0.15) is 0 Å². The van der Waals surface area contributed by atoms with E-state index in [4.69, 9.17) is 9.84 Å². The van der Waals surface area contributed by atoms with E-state index >= 15 is 0 Å². The number of carboxylic acids is 1. The van der Waals surface area contributed by atoms with Gasteiger partial charge in [0.25, 0.3) is 0 Å². The second-order valence-corrected chi connectivity index (χ2v) is 4.01. The van der Waals surface area contributed by atoms with Crippen molar-refractivity contribution in [2.45, 2.75) is 6.42 Å². The highest BCUT2D eigenvalue weighted by atomic mass is 16.5. The molecular weight excluding hydrogens is 256 g/mol. The molecule has 0 saturated carbocycles. The first-order valence-electron chi connectivity index (χ1n) is 6.14. The van der Waals surface area contributed by atoms with Gasteiger partial charge >= 0.3 is 5.97 Å². The third-order valence-corrected chi connectivity index (χ3v) is 2.51. The van der Waals surface area contributed by atoms with E-state index in [9.17, 15) is 4.79 Å². The molecule has 0 bridgehead atoms. The molecule has 102 valence electrons. The molecule has 5 nitrogen and oxygen atoms in total. The Balaban J connectivity index is 1.83. The van der Waals surface area contributed by atoms with Crippen molar-refractivity contribution < 1.29 is 14.6 Å². The largest absolute Gasteiger partial charge is 0.492 e. The summed E-state index contributed by atoms with van der Waals surface area (Å²) in [6.07, 6.45) is 6.52. The van der Waals surface area contributed by atoms with Gasteiger partial charge in [0.15, 0.2) is 0 Å². The molecular formula is C15H14N2O3. The number of nitrogens with zero attached hydrogens (tertiary/aromatic N) is 2. The van der Waals surface area contributed by atoms with Gasteiger partial charge in [-0.3, -0.25) is 9.97 Å². The van der Waals surface area contributed by atoms with E-state index in [-0.39, 0.29) is 0 Å². The quantitative estimate of drug-likeness (QED) is 0.815. The van der Waals surface area contributed by atoms with E-state index in [1.807, 2.05) is 18.2 Å². The van der Waals surface area contributed by atoms with Gasteiger partial charge in [0.05, 0.1) is 18.5 Å². The van der Waals surface area contributed by atoms with E-state index in [1.165, 1.54) is 6.08 Å². The molecule has 0 aromatic carbocycles. The third kappa shape index (κ3) is 4.53. The molecule has 1 N–H and O–H groups in total. The van der Waals surface area contributed by atoms with Gasteiger partial charge in [-0.1, -0.05) is 6.07 Å². The number of rotatable bonds is 6. The molecule has 0 aliphatic heterocycles. The van der Waals surface area contributed by atoms with Gasteiger partial charge < -0.3 is 9.84 Å². The lowest BCUT2D eigenvalue weighted by atomic mass is 10.3. The second-order valence-electron chi connectivity index (χ2n) is 4.01. The van der Waals surface area contributed by atoms with Crippen molar-refractivity contribution in [1.29, 1.82) is 0 Å². The average Bonchev–Trinajstić information content (AvgIpc) is 2.47. The summed E-state index contributed by atoms with van der Waals surface area (Å²) in [6, 6.07) is 9.22. The summed E-state index contributed by atoms with van der Waals surface area (Å²) in [4.78, 5) is 18.7. The standard InChI is InChI=1S/C15H14N2O3/c18-15(19)7-5-13-4-6-14(11-17-13)20-10-8-12-3-1-2-9-16-12/h1-7,9,11H,8,10H2,(H,18,19). The number of hydrogen-bond donors (Lipinski definition) is 1. The van der Waals surface area contributed by atoms with Crippen molar-refractivity contribution in [3.63, 3.8) is 0 Å². The van der Waals surface area contributed by atoms with Gasteiger partial charge in [0.2, 0.25) is 0 Å². The fourth-order valence-corrected chi connectivity index (χ4v) is 1.55. The van der Waals surface area contributed by atoms with E-state index in [0.717, 1.165) is 18.2 Å². The monoisotopic (exact) mass is 270 g/mol. The summed E-state index contributed by atoms with van der Waals surface area (Å²) in [7, 11) is 0. The van der Waals surface area contributed by atoms with Crippen LogP contribution in [0.3, 0.4) is 0 Å². The zero-order valence-corrected chi connectivity index (χ0v) is 10.8. The van der Waals surface area contributed by atoms with E-state index in [1.54, 1.807) is 24.5 Å². The summed E-state index contributed by atoms with van der Waals surface area (Å²) in [5.41, 5.74) is 1.55. The van der Waals surface area contributed by atoms with Gasteiger partial charge in [-0.15, -0.1) is 0 Å². The molecule has 2 aromatic heterocycles. The number of aromatic nitrogens is 2. The Morgan fingerprint density at radius 3 is 2.80 bits per heavy atom. The molecule has 2 rings (SSSR count). The van der Waals surface area contributed by atoms with Crippen LogP contribution in [0.1, 0.15) is 11.4 Å². The fraction of sp³-hybridized carbons (Fsp3) is 0.133. The van der Waals surface area contributed by atoms with Crippen molar-refractivity contribution in [2.24, 2.45) is 0 Å². The molecule has 20 heavy (non-hydrogen) atoms. The van der Waals surface area contributed by atoms with Crippen molar-refractivity contribution >= 4 is 12.0 Å². The topological polar surface area (TPSA) is 72.3 Å². The number of hydrogen-bond acceptors (Lipinski definition) is 4. The zero-order valence-electron chi connectivity index (χ0n) is 10.8. The second kappa shape index (κ2) is 7.04. The first kappa shape index (κ1) is 13.7. The lowest BCUT2D eigenvalue weighted by molar-refractivity contribution is -0.131. The van der Waals surface area contributed by atoms with Crippen LogP contribution in [0, 0.1) is 0 Å². The molecule has 0 fully saturated rings. The first-order chi connectivity index (χ1) is 9.74. The van der Waals surface area contributed by atoms with Crippen LogP contribution >= 0.6 is 0 Å². The Bertz CT molecular complexity index is 580. The van der Waals surface area contributed by atoms with Crippen LogP contribution in [-0.2, 0) is 11.2 Å². The Kier molecular flexibility index (Phi) is 4.83. The van der Waals surface area contributed by atoms with Crippen LogP contribution in [0.15, 0.2) is 48.8 Å². The molecule has 0 aliphatic rings. The SMILES string of the molecule is O=C(O)C=Cc1ccc(OCCc2ccccn2)cn1. The summed E-state index contributed by atoms with van der Waals surface area (Å²) in [5.74, 6) is -0.351. The number of aliphatic carboxylic acids is 1. The predicted octanol–water partition coefficient (Wildman–Crippen LogP) is 2.20. The molecule has 0 amide bonds. The lowest BCUT2D eigenvalue weighted by Crippen LogP contribution is -2.02. The zero-order chi connectivity index (χ0) is 14.2. The Labute approximate surface area is 116 Å². The van der Waals surface area contributed by atoms with Crippen LogP contribution in [0.2, 0.25) is 0 Å². The highest BCUT2D eigenvalue weighted by Gasteiger charge is 1.97. The predicted molar refractivity (Wildman–Crippen MR) is 74.3 cm³/mol. The number of ether oxygens (including phenoxy) is 1. The van der Waals surface area contributed by atoms with Crippen molar-refractivity contribution in [2.75, 3.05) is 6.61 Å². The van der Waals surface area contributed by atoms with E-state index in [0.29, 0.717) is 18.1 Å². The molecule has 0 saturated heterocycles. The molecule has 0 spiro atoms. The maximum atomic E-state index is 10.4. The Hall–Kier alpha value is -2.69. The smallest absolute Gasteiger partial charge is 0.328 e. The van der Waals surface area contributed by atoms with Crippen LogP contribution in [-0.4, -0.2) is 27.7 Å². The van der Waals surface area contributed by atoms with Gasteiger partial charge in [0, 0.05) is 24.4 Å². The van der Waals surface area contributed by atoms with Gasteiger partial charge in [0.1, 0.15) is 5.75 Å². The molecule has 0 aliphatic carbocycles. The minimum atomic E-state index is -0.998. The van der Waals surface area contributed by atoms with E-state index < -0.39 is 5.97 Å². The molecule has 0 unspecified atom stereocenters. The van der Waals surface area contributed by atoms with Gasteiger partial charge in [-0.05, 0) is 30.3 Å². The fourth-order valence-electron chi connectivity index (χ4n) is 1.55. The number of pyridine rings is 2. The van der Waals surface area contributed by atoms with Crippen molar-refractivity contribution in [3.8, 4) is 5.75 Å². The van der Waals surface area contributed by atoms with Crippen molar-refractivity contribution in [1.82, 2.24) is 9.97 Å². The number of carbonyl (C=O) groups is 1. The highest BCUT2D eigenvalue weighted by molar-refractivity contribution is 5.84. The highest BCUT2D eigenvalue weighted by Crippen LogP contribution is 2.10. The summed E-state index contributed by atoms with van der Waals surface area (Å²) >= 11 is 0. The van der Waals surface area contributed by atoms with Crippen molar-refractivity contribution in [3.05, 3.63) is 60.2 Å². The minimum absolute atomic E-state index is 0.517. The average molecular weight is 270 g/mol. The van der Waals surface area contributed by atoms with Crippen LogP contribution in [0.4, 0.5) is 0 Å². The third-order valence-electron chi connectivity index (χ3n) is 2.51. The molecule has 5 heteroatoms. The maximum Gasteiger partial charge on any atom is 0.328 e. The Morgan fingerprint density at radius 1 is 1.25 bits per heavy atom. The normalized spacial score (nSPS) is 10.6. The number of carboxylic acid groups (broad SMARTS) is 1. The molecule has 2 heterocycles.